The molecule has 1 saturated heterocycles. The summed E-state index contributed by atoms with van der Waals surface area (Å²) in [7, 11) is 0. The third kappa shape index (κ3) is 6.45. The smallest absolute Gasteiger partial charge is 0.242 e. The quantitative estimate of drug-likeness (QED) is 0.404. The molecule has 2 amide bonds. The van der Waals surface area contributed by atoms with E-state index < -0.39 is 6.04 Å². The van der Waals surface area contributed by atoms with Crippen LogP contribution in [0, 0.1) is 12.8 Å². The Hall–Kier alpha value is -3.71. The van der Waals surface area contributed by atoms with Gasteiger partial charge in [-0.05, 0) is 67.5 Å². The fraction of sp³-hybridized carbons (Fsp3) is 0.321. The van der Waals surface area contributed by atoms with Crippen LogP contribution in [0.1, 0.15) is 30.2 Å². The molecule has 5 N–H and O–H groups in total. The zero-order valence-electron chi connectivity index (χ0n) is 20.3. The van der Waals surface area contributed by atoms with E-state index in [1.54, 1.807) is 13.0 Å². The first-order chi connectivity index (χ1) is 16.9. The summed E-state index contributed by atoms with van der Waals surface area (Å²) >= 11 is 0. The van der Waals surface area contributed by atoms with Crippen molar-refractivity contribution in [1.29, 1.82) is 0 Å². The maximum Gasteiger partial charge on any atom is 0.242 e. The number of nitrogens with zero attached hydrogens (tertiary/aromatic N) is 1. The lowest BCUT2D eigenvalue weighted by Gasteiger charge is -2.17. The Balaban J connectivity index is 1.25. The number of hydrogen-bond acceptors (Lipinski definition) is 5. The molecule has 2 aromatic carbocycles. The normalized spacial score (nSPS) is 18.1. The molecule has 3 atom stereocenters. The predicted molar refractivity (Wildman–Crippen MR) is 138 cm³/mol. The molecule has 0 saturated carbocycles. The van der Waals surface area contributed by atoms with Crippen LogP contribution in [0.3, 0.4) is 0 Å². The van der Waals surface area contributed by atoms with E-state index >= 15 is 0 Å². The van der Waals surface area contributed by atoms with Gasteiger partial charge in [-0.1, -0.05) is 60.7 Å². The third-order valence-electron chi connectivity index (χ3n) is 6.52. The van der Waals surface area contributed by atoms with Crippen molar-refractivity contribution in [2.45, 2.75) is 45.3 Å². The van der Waals surface area contributed by atoms with Gasteiger partial charge >= 0.3 is 0 Å². The summed E-state index contributed by atoms with van der Waals surface area (Å²) in [6.07, 6.45) is 1.65. The number of pyridine rings is 1. The van der Waals surface area contributed by atoms with E-state index in [1.807, 2.05) is 31.2 Å². The number of aromatic nitrogens is 1. The zero-order chi connectivity index (χ0) is 24.8. The van der Waals surface area contributed by atoms with Crippen LogP contribution in [-0.4, -0.2) is 35.4 Å². The van der Waals surface area contributed by atoms with Crippen LogP contribution in [0.2, 0.25) is 0 Å². The van der Waals surface area contributed by atoms with Gasteiger partial charge in [0.05, 0.1) is 6.04 Å². The summed E-state index contributed by atoms with van der Waals surface area (Å²) in [5.74, 6) is 0.437. The predicted octanol–water partition coefficient (Wildman–Crippen LogP) is 2.98. The van der Waals surface area contributed by atoms with Crippen LogP contribution in [-0.2, 0) is 22.6 Å². The van der Waals surface area contributed by atoms with Gasteiger partial charge in [0.15, 0.2) is 0 Å². The maximum atomic E-state index is 12.8. The molecule has 0 spiro atoms. The molecule has 0 aliphatic carbocycles. The molecule has 1 aliphatic heterocycles. The summed E-state index contributed by atoms with van der Waals surface area (Å²) < 4.78 is 0. The van der Waals surface area contributed by atoms with E-state index in [2.05, 4.69) is 57.3 Å². The Kier molecular flexibility index (Phi) is 7.77. The van der Waals surface area contributed by atoms with Crippen LogP contribution < -0.4 is 21.7 Å². The molecule has 7 nitrogen and oxygen atoms in total. The second-order valence-corrected chi connectivity index (χ2v) is 9.26. The Labute approximate surface area is 206 Å². The van der Waals surface area contributed by atoms with Gasteiger partial charge in [0.1, 0.15) is 11.9 Å². The molecule has 182 valence electrons. The van der Waals surface area contributed by atoms with Crippen molar-refractivity contribution in [2.75, 3.05) is 12.3 Å². The number of anilines is 1. The Morgan fingerprint density at radius 2 is 1.86 bits per heavy atom. The zero-order valence-corrected chi connectivity index (χ0v) is 20.3. The van der Waals surface area contributed by atoms with Crippen LogP contribution in [0.5, 0.6) is 0 Å². The largest absolute Gasteiger partial charge is 0.384 e. The number of nitrogen functional groups attached to an aromatic ring is 1. The van der Waals surface area contributed by atoms with Crippen molar-refractivity contribution in [3.63, 3.8) is 0 Å². The Morgan fingerprint density at radius 3 is 2.63 bits per heavy atom. The lowest BCUT2D eigenvalue weighted by Crippen LogP contribution is -2.50. The summed E-state index contributed by atoms with van der Waals surface area (Å²) in [6, 6.07) is 21.6. The van der Waals surface area contributed by atoms with E-state index in [-0.39, 0.29) is 17.9 Å². The van der Waals surface area contributed by atoms with Crippen molar-refractivity contribution in [3.8, 4) is 11.1 Å². The van der Waals surface area contributed by atoms with Gasteiger partial charge in [0, 0.05) is 12.2 Å². The highest BCUT2D eigenvalue weighted by molar-refractivity contribution is 5.89. The molecule has 2 heterocycles. The number of carbonyl (C=O) groups excluding carboxylic acids is 2. The molecule has 1 aliphatic rings. The molecule has 2 unspecified atom stereocenters. The minimum absolute atomic E-state index is 0.140. The number of benzene rings is 2. The van der Waals surface area contributed by atoms with Crippen molar-refractivity contribution < 1.29 is 9.59 Å². The SMILES string of the molecule is Cc1nc(N)ccc1CNC(=O)[C@H](C)NC(=O)C1CC(Cc2cccc(-c3ccccc3)c2)CN1. The van der Waals surface area contributed by atoms with Gasteiger partial charge in [0.25, 0.3) is 0 Å². The maximum absolute atomic E-state index is 12.8. The second-order valence-electron chi connectivity index (χ2n) is 9.26. The Morgan fingerprint density at radius 1 is 1.09 bits per heavy atom. The Bertz CT molecular complexity index is 1180. The van der Waals surface area contributed by atoms with Gasteiger partial charge in [-0.3, -0.25) is 9.59 Å². The molecule has 0 radical (unpaired) electrons. The minimum Gasteiger partial charge on any atom is -0.384 e. The van der Waals surface area contributed by atoms with Gasteiger partial charge in [-0.25, -0.2) is 4.98 Å². The highest BCUT2D eigenvalue weighted by Gasteiger charge is 2.31. The highest BCUT2D eigenvalue weighted by atomic mass is 16.2. The van der Waals surface area contributed by atoms with E-state index in [0.29, 0.717) is 18.3 Å². The molecule has 0 bridgehead atoms. The molecule has 1 aromatic heterocycles. The molecule has 7 heteroatoms. The molecule has 1 fully saturated rings. The molecule has 35 heavy (non-hydrogen) atoms. The van der Waals surface area contributed by atoms with Gasteiger partial charge in [-0.15, -0.1) is 0 Å². The van der Waals surface area contributed by atoms with Gasteiger partial charge in [0.2, 0.25) is 11.8 Å². The van der Waals surface area contributed by atoms with Crippen molar-refractivity contribution in [2.24, 2.45) is 5.92 Å². The lowest BCUT2D eigenvalue weighted by molar-refractivity contribution is -0.129. The topological polar surface area (TPSA) is 109 Å². The van der Waals surface area contributed by atoms with E-state index in [0.717, 1.165) is 30.6 Å². The summed E-state index contributed by atoms with van der Waals surface area (Å²) in [5, 5.41) is 9.03. The summed E-state index contributed by atoms with van der Waals surface area (Å²) in [5.41, 5.74) is 11.0. The van der Waals surface area contributed by atoms with Crippen LogP contribution in [0.15, 0.2) is 66.7 Å². The first-order valence-corrected chi connectivity index (χ1v) is 12.1. The second kappa shape index (κ2) is 11.1. The molecular formula is C28H33N5O2. The first-order valence-electron chi connectivity index (χ1n) is 12.1. The monoisotopic (exact) mass is 471 g/mol. The van der Waals surface area contributed by atoms with E-state index in [1.165, 1.54) is 16.7 Å². The van der Waals surface area contributed by atoms with Crippen LogP contribution in [0.4, 0.5) is 5.82 Å². The summed E-state index contributed by atoms with van der Waals surface area (Å²) in [4.78, 5) is 29.5. The minimum atomic E-state index is -0.632. The molecule has 4 rings (SSSR count). The third-order valence-corrected chi connectivity index (χ3v) is 6.52. The van der Waals surface area contributed by atoms with Crippen molar-refractivity contribution in [3.05, 3.63) is 83.6 Å². The number of amides is 2. The fourth-order valence-electron chi connectivity index (χ4n) is 4.52. The van der Waals surface area contributed by atoms with Gasteiger partial charge < -0.3 is 21.7 Å². The average Bonchev–Trinajstić information content (AvgIpc) is 3.32. The fourth-order valence-corrected chi connectivity index (χ4v) is 4.52. The highest BCUT2D eigenvalue weighted by Crippen LogP contribution is 2.24. The number of carbonyl (C=O) groups is 2. The molecule has 3 aromatic rings. The van der Waals surface area contributed by atoms with Crippen molar-refractivity contribution >= 4 is 17.6 Å². The van der Waals surface area contributed by atoms with E-state index in [9.17, 15) is 9.59 Å². The molecular weight excluding hydrogens is 438 g/mol. The number of rotatable bonds is 8. The van der Waals surface area contributed by atoms with Crippen molar-refractivity contribution in [1.82, 2.24) is 20.9 Å². The van der Waals surface area contributed by atoms with Gasteiger partial charge in [-0.2, -0.15) is 0 Å². The van der Waals surface area contributed by atoms with Crippen LogP contribution in [0.25, 0.3) is 11.1 Å². The lowest BCUT2D eigenvalue weighted by atomic mass is 9.94. The number of aryl methyl sites for hydroxylation is 1. The standard InChI is InChI=1S/C28H33N5O2/c1-18-24(11-12-26(29)32-18)17-31-27(34)19(2)33-28(35)25-15-21(16-30-25)13-20-7-6-10-23(14-20)22-8-4-3-5-9-22/h3-12,14,19,21,25,30H,13,15-17H2,1-2H3,(H2,29,32)(H,31,34)(H,33,35)/t19-,21?,25?/m0/s1. The van der Waals surface area contributed by atoms with E-state index in [4.69, 9.17) is 5.73 Å². The summed E-state index contributed by atoms with van der Waals surface area (Å²) in [6.45, 7) is 4.66. The number of nitrogens with two attached hydrogens (primary N) is 1. The number of nitrogens with one attached hydrogen (secondary N) is 3. The van der Waals surface area contributed by atoms with Crippen LogP contribution >= 0.6 is 0 Å². The number of hydrogen-bond donors (Lipinski definition) is 4. The first kappa shape index (κ1) is 24.4. The average molecular weight is 472 g/mol.